The molecule has 23 heavy (non-hydrogen) atoms. The first-order valence-electron chi connectivity index (χ1n) is 7.79. The van der Waals surface area contributed by atoms with Gasteiger partial charge in [-0.1, -0.05) is 18.2 Å². The third-order valence-electron chi connectivity index (χ3n) is 4.69. The number of para-hydroxylation sites is 1. The predicted molar refractivity (Wildman–Crippen MR) is 91.9 cm³/mol. The SMILES string of the molecule is COc1ccccc1-c1ccc(B2OC(C)(C)C(C)(C)O2)cn1. The molecule has 1 aliphatic rings. The van der Waals surface area contributed by atoms with Crippen molar-refractivity contribution in [1.29, 1.82) is 0 Å². The van der Waals surface area contributed by atoms with E-state index in [1.807, 2.05) is 70.3 Å². The van der Waals surface area contributed by atoms with Crippen molar-refractivity contribution in [2.75, 3.05) is 7.11 Å². The maximum Gasteiger partial charge on any atom is 0.496 e. The minimum Gasteiger partial charge on any atom is -0.496 e. The lowest BCUT2D eigenvalue weighted by Gasteiger charge is -2.32. The van der Waals surface area contributed by atoms with Crippen molar-refractivity contribution in [3.63, 3.8) is 0 Å². The van der Waals surface area contributed by atoms with E-state index in [2.05, 4.69) is 4.98 Å². The zero-order chi connectivity index (χ0) is 16.7. The first-order chi connectivity index (χ1) is 10.8. The lowest BCUT2D eigenvalue weighted by Crippen LogP contribution is -2.41. The van der Waals surface area contributed by atoms with Crippen LogP contribution in [-0.2, 0) is 9.31 Å². The highest BCUT2D eigenvalue weighted by Crippen LogP contribution is 2.36. The molecule has 0 amide bonds. The monoisotopic (exact) mass is 311 g/mol. The second-order valence-electron chi connectivity index (χ2n) is 6.77. The van der Waals surface area contributed by atoms with E-state index in [4.69, 9.17) is 14.0 Å². The fraction of sp³-hybridized carbons (Fsp3) is 0.389. The van der Waals surface area contributed by atoms with Crippen LogP contribution in [0.4, 0.5) is 0 Å². The first-order valence-corrected chi connectivity index (χ1v) is 7.79. The number of aromatic nitrogens is 1. The van der Waals surface area contributed by atoms with Crippen molar-refractivity contribution in [1.82, 2.24) is 4.98 Å². The van der Waals surface area contributed by atoms with Gasteiger partial charge >= 0.3 is 7.12 Å². The van der Waals surface area contributed by atoms with Crippen LogP contribution in [0.3, 0.4) is 0 Å². The quantitative estimate of drug-likeness (QED) is 0.817. The molecular weight excluding hydrogens is 289 g/mol. The highest BCUT2D eigenvalue weighted by Gasteiger charge is 2.51. The molecule has 3 rings (SSSR count). The van der Waals surface area contributed by atoms with E-state index in [1.54, 1.807) is 7.11 Å². The van der Waals surface area contributed by atoms with Crippen LogP contribution in [0.5, 0.6) is 5.75 Å². The number of ether oxygens (including phenoxy) is 1. The smallest absolute Gasteiger partial charge is 0.496 e. The van der Waals surface area contributed by atoms with Gasteiger partial charge in [-0.3, -0.25) is 4.98 Å². The molecule has 1 saturated heterocycles. The summed E-state index contributed by atoms with van der Waals surface area (Å²) in [5.41, 5.74) is 2.05. The fourth-order valence-corrected chi connectivity index (χ4v) is 2.54. The molecule has 0 unspecified atom stereocenters. The Balaban J connectivity index is 1.86. The summed E-state index contributed by atoms with van der Waals surface area (Å²) < 4.78 is 17.5. The van der Waals surface area contributed by atoms with E-state index >= 15 is 0 Å². The van der Waals surface area contributed by atoms with Crippen molar-refractivity contribution >= 4 is 12.6 Å². The van der Waals surface area contributed by atoms with E-state index in [0.717, 1.165) is 22.5 Å². The Morgan fingerprint density at radius 2 is 1.61 bits per heavy atom. The Bertz CT molecular complexity index is 682. The molecule has 4 nitrogen and oxygen atoms in total. The standard InChI is InChI=1S/C18H22BNO3/c1-17(2)18(3,4)23-19(22-17)13-10-11-15(20-12-13)14-8-6-7-9-16(14)21-5/h6-12H,1-5H3. The van der Waals surface area contributed by atoms with Gasteiger partial charge in [0.1, 0.15) is 5.75 Å². The van der Waals surface area contributed by atoms with Gasteiger partial charge in [-0.2, -0.15) is 0 Å². The fourth-order valence-electron chi connectivity index (χ4n) is 2.54. The van der Waals surface area contributed by atoms with Gasteiger partial charge in [-0.25, -0.2) is 0 Å². The largest absolute Gasteiger partial charge is 0.496 e. The van der Waals surface area contributed by atoms with Crippen LogP contribution >= 0.6 is 0 Å². The molecule has 0 saturated carbocycles. The summed E-state index contributed by atoms with van der Waals surface area (Å²) in [5, 5.41) is 0. The summed E-state index contributed by atoms with van der Waals surface area (Å²) in [6, 6.07) is 11.8. The minimum absolute atomic E-state index is 0.348. The Hall–Kier alpha value is -1.85. The van der Waals surface area contributed by atoms with Gasteiger partial charge in [0.05, 0.1) is 24.0 Å². The van der Waals surface area contributed by atoms with Crippen molar-refractivity contribution in [2.45, 2.75) is 38.9 Å². The van der Waals surface area contributed by atoms with E-state index in [-0.39, 0.29) is 18.3 Å². The van der Waals surface area contributed by atoms with Crippen LogP contribution in [-0.4, -0.2) is 30.4 Å². The van der Waals surface area contributed by atoms with Crippen LogP contribution in [0.2, 0.25) is 0 Å². The second kappa shape index (κ2) is 5.66. The lowest BCUT2D eigenvalue weighted by atomic mass is 9.80. The zero-order valence-corrected chi connectivity index (χ0v) is 14.3. The van der Waals surface area contributed by atoms with E-state index < -0.39 is 0 Å². The molecule has 0 spiro atoms. The minimum atomic E-state index is -0.390. The van der Waals surface area contributed by atoms with E-state index in [1.165, 1.54) is 0 Å². The van der Waals surface area contributed by atoms with Crippen LogP contribution in [0.15, 0.2) is 42.6 Å². The normalized spacial score (nSPS) is 18.9. The number of rotatable bonds is 3. The second-order valence-corrected chi connectivity index (χ2v) is 6.77. The number of benzene rings is 1. The number of pyridine rings is 1. The molecule has 2 heterocycles. The van der Waals surface area contributed by atoms with Gasteiger partial charge in [0.25, 0.3) is 0 Å². The summed E-state index contributed by atoms with van der Waals surface area (Å²) in [4.78, 5) is 4.56. The highest BCUT2D eigenvalue weighted by molar-refractivity contribution is 6.62. The van der Waals surface area contributed by atoms with Gasteiger partial charge in [-0.15, -0.1) is 0 Å². The van der Waals surface area contributed by atoms with Gasteiger partial charge < -0.3 is 14.0 Å². The zero-order valence-electron chi connectivity index (χ0n) is 14.3. The molecule has 1 aromatic heterocycles. The molecule has 120 valence electrons. The molecule has 0 bridgehead atoms. The first kappa shape index (κ1) is 16.0. The summed E-state index contributed by atoms with van der Waals surface area (Å²) in [6.07, 6.45) is 1.81. The third kappa shape index (κ3) is 2.86. The van der Waals surface area contributed by atoms with E-state index in [9.17, 15) is 0 Å². The van der Waals surface area contributed by atoms with Crippen LogP contribution in [0.25, 0.3) is 11.3 Å². The summed E-state index contributed by atoms with van der Waals surface area (Å²) in [7, 11) is 1.27. The number of methoxy groups -OCH3 is 1. The Morgan fingerprint density at radius 1 is 0.957 bits per heavy atom. The van der Waals surface area contributed by atoms with Crippen molar-refractivity contribution in [3.05, 3.63) is 42.6 Å². The van der Waals surface area contributed by atoms with Gasteiger partial charge in [0.2, 0.25) is 0 Å². The molecule has 2 aromatic rings. The topological polar surface area (TPSA) is 40.6 Å². The molecular formula is C18H22BNO3. The lowest BCUT2D eigenvalue weighted by molar-refractivity contribution is 0.00578. The number of nitrogens with zero attached hydrogens (tertiary/aromatic N) is 1. The average Bonchev–Trinajstić information content (AvgIpc) is 2.75. The summed E-state index contributed by atoms with van der Waals surface area (Å²) in [6.45, 7) is 8.18. The average molecular weight is 311 g/mol. The molecule has 0 atom stereocenters. The summed E-state index contributed by atoms with van der Waals surface area (Å²) >= 11 is 0. The van der Waals surface area contributed by atoms with Crippen LogP contribution in [0.1, 0.15) is 27.7 Å². The number of hydrogen-bond acceptors (Lipinski definition) is 4. The van der Waals surface area contributed by atoms with Crippen molar-refractivity contribution in [3.8, 4) is 17.0 Å². The Labute approximate surface area is 137 Å². The molecule has 0 aliphatic carbocycles. The van der Waals surface area contributed by atoms with Gasteiger partial charge in [0.15, 0.2) is 0 Å². The molecule has 1 aromatic carbocycles. The van der Waals surface area contributed by atoms with Crippen molar-refractivity contribution in [2.24, 2.45) is 0 Å². The Kier molecular flexibility index (Phi) is 3.94. The van der Waals surface area contributed by atoms with Crippen LogP contribution in [0, 0.1) is 0 Å². The van der Waals surface area contributed by atoms with Gasteiger partial charge in [-0.05, 0) is 45.9 Å². The van der Waals surface area contributed by atoms with Crippen LogP contribution < -0.4 is 10.2 Å². The van der Waals surface area contributed by atoms with Gasteiger partial charge in [0, 0.05) is 17.2 Å². The molecule has 0 N–H and O–H groups in total. The predicted octanol–water partition coefficient (Wildman–Crippen LogP) is 3.06. The Morgan fingerprint density at radius 3 is 2.17 bits per heavy atom. The maximum atomic E-state index is 6.05. The third-order valence-corrected chi connectivity index (χ3v) is 4.69. The van der Waals surface area contributed by atoms with E-state index in [0.29, 0.717) is 0 Å². The molecule has 0 radical (unpaired) electrons. The molecule has 1 aliphatic heterocycles. The molecule has 5 heteroatoms. The number of hydrogen-bond donors (Lipinski definition) is 0. The maximum absolute atomic E-state index is 6.05. The summed E-state index contributed by atoms with van der Waals surface area (Å²) in [5.74, 6) is 0.809. The van der Waals surface area contributed by atoms with Crippen molar-refractivity contribution < 1.29 is 14.0 Å². The highest BCUT2D eigenvalue weighted by atomic mass is 16.7. The molecule has 1 fully saturated rings.